The number of hydrogen-bond acceptors (Lipinski definition) is 3. The molecule has 1 heterocycles. The number of carbonyl (C=O) groups is 1. The fourth-order valence-electron chi connectivity index (χ4n) is 1.33. The summed E-state index contributed by atoms with van der Waals surface area (Å²) in [5.74, 6) is -0.115. The summed E-state index contributed by atoms with van der Waals surface area (Å²) >= 11 is 0. The number of nitro groups is 1. The van der Waals surface area contributed by atoms with Crippen LogP contribution in [0, 0.1) is 10.1 Å². The molecule has 0 saturated carbocycles. The fraction of sp³-hybridized carbons (Fsp3) is 0.300. The lowest BCUT2D eigenvalue weighted by Crippen LogP contribution is -2.03. The predicted octanol–water partition coefficient (Wildman–Crippen LogP) is 2.12. The van der Waals surface area contributed by atoms with Crippen LogP contribution in [0.1, 0.15) is 19.4 Å². The van der Waals surface area contributed by atoms with Crippen LogP contribution in [0.2, 0.25) is 0 Å². The first kappa shape index (κ1) is 11.2. The maximum absolute atomic E-state index is 10.9. The fourth-order valence-corrected chi connectivity index (χ4v) is 1.33. The molecule has 0 bridgehead atoms. The number of nitro benzene ring substituents is 1. The minimum absolute atomic E-state index is 0.0234. The van der Waals surface area contributed by atoms with Crippen molar-refractivity contribution in [3.05, 3.63) is 33.9 Å². The van der Waals surface area contributed by atoms with E-state index >= 15 is 0 Å². The van der Waals surface area contributed by atoms with Crippen molar-refractivity contribution < 1.29 is 9.72 Å². The molecule has 15 heavy (non-hydrogen) atoms. The first-order valence-electron chi connectivity index (χ1n) is 4.74. The molecule has 1 aromatic carbocycles. The molecule has 1 aromatic rings. The Hall–Kier alpha value is -1.91. The van der Waals surface area contributed by atoms with Gasteiger partial charge in [0.2, 0.25) is 5.91 Å². The van der Waals surface area contributed by atoms with Crippen LogP contribution in [0.25, 0.3) is 0 Å². The summed E-state index contributed by atoms with van der Waals surface area (Å²) in [5, 5.41) is 13.0. The van der Waals surface area contributed by atoms with Gasteiger partial charge in [0.25, 0.3) is 5.69 Å². The molecule has 0 saturated heterocycles. The van der Waals surface area contributed by atoms with Crippen molar-refractivity contribution in [1.82, 2.24) is 0 Å². The number of amides is 1. The van der Waals surface area contributed by atoms with Crippen molar-refractivity contribution in [2.75, 3.05) is 5.32 Å². The van der Waals surface area contributed by atoms with Crippen molar-refractivity contribution in [3.8, 4) is 0 Å². The van der Waals surface area contributed by atoms with E-state index in [0.717, 1.165) is 0 Å². The van der Waals surface area contributed by atoms with Crippen LogP contribution in [-0.4, -0.2) is 10.8 Å². The van der Waals surface area contributed by atoms with E-state index in [9.17, 15) is 14.9 Å². The van der Waals surface area contributed by atoms with Crippen molar-refractivity contribution in [3.63, 3.8) is 0 Å². The Labute approximate surface area is 87.3 Å². The highest BCUT2D eigenvalue weighted by Crippen LogP contribution is 2.26. The maximum Gasteiger partial charge on any atom is 0.269 e. The lowest BCUT2D eigenvalue weighted by molar-refractivity contribution is -0.384. The molecular formula is C10H12N2O3. The SMILES string of the molecule is CC.O=C1Cc2cc([N+](=O)[O-])ccc2N1. The van der Waals surface area contributed by atoms with Crippen LogP contribution in [0.15, 0.2) is 18.2 Å². The average Bonchev–Trinajstić information content (AvgIpc) is 2.59. The minimum Gasteiger partial charge on any atom is -0.326 e. The van der Waals surface area contributed by atoms with Crippen molar-refractivity contribution >= 4 is 17.3 Å². The monoisotopic (exact) mass is 208 g/mol. The summed E-state index contributed by atoms with van der Waals surface area (Å²) < 4.78 is 0. The molecule has 2 rings (SSSR count). The van der Waals surface area contributed by atoms with Crippen LogP contribution >= 0.6 is 0 Å². The van der Waals surface area contributed by atoms with E-state index < -0.39 is 4.92 Å². The number of benzene rings is 1. The standard InChI is InChI=1S/C8H6N2O3.C2H6/c11-8-4-5-3-6(10(12)13)1-2-7(5)9-8;1-2/h1-3H,4H2,(H,9,11);1-2H3. The molecule has 1 aliphatic rings. The van der Waals surface area contributed by atoms with Crippen LogP contribution in [0.4, 0.5) is 11.4 Å². The molecule has 0 fully saturated rings. The Balaban J connectivity index is 0.000000531. The highest BCUT2D eigenvalue weighted by molar-refractivity contribution is 5.99. The van der Waals surface area contributed by atoms with E-state index in [0.29, 0.717) is 11.3 Å². The van der Waals surface area contributed by atoms with Crippen LogP contribution in [0.5, 0.6) is 0 Å². The van der Waals surface area contributed by atoms with Crippen LogP contribution in [-0.2, 0) is 11.2 Å². The topological polar surface area (TPSA) is 72.2 Å². The van der Waals surface area contributed by atoms with Crippen LogP contribution < -0.4 is 5.32 Å². The van der Waals surface area contributed by atoms with Gasteiger partial charge in [-0.05, 0) is 11.6 Å². The highest BCUT2D eigenvalue weighted by atomic mass is 16.6. The van der Waals surface area contributed by atoms with Gasteiger partial charge < -0.3 is 5.32 Å². The van der Waals surface area contributed by atoms with Gasteiger partial charge in [-0.1, -0.05) is 13.8 Å². The van der Waals surface area contributed by atoms with Crippen molar-refractivity contribution in [2.45, 2.75) is 20.3 Å². The summed E-state index contributed by atoms with van der Waals surface area (Å²) in [5.41, 5.74) is 1.39. The molecule has 0 unspecified atom stereocenters. The normalized spacial score (nSPS) is 12.3. The van der Waals surface area contributed by atoms with E-state index in [4.69, 9.17) is 0 Å². The first-order chi connectivity index (χ1) is 7.16. The van der Waals surface area contributed by atoms with E-state index in [1.807, 2.05) is 13.8 Å². The molecule has 0 atom stereocenters. The third kappa shape index (κ3) is 2.31. The van der Waals surface area contributed by atoms with Crippen molar-refractivity contribution in [2.24, 2.45) is 0 Å². The summed E-state index contributed by atoms with van der Waals surface area (Å²) in [7, 11) is 0. The van der Waals surface area contributed by atoms with E-state index in [1.54, 1.807) is 6.07 Å². The largest absolute Gasteiger partial charge is 0.326 e. The lowest BCUT2D eigenvalue weighted by Gasteiger charge is -1.96. The minimum atomic E-state index is -0.469. The van der Waals surface area contributed by atoms with Gasteiger partial charge in [-0.2, -0.15) is 0 Å². The van der Waals surface area contributed by atoms with E-state index in [2.05, 4.69) is 5.32 Å². The molecule has 1 aliphatic heterocycles. The third-order valence-corrected chi connectivity index (χ3v) is 1.92. The number of anilines is 1. The maximum atomic E-state index is 10.9. The van der Waals surface area contributed by atoms with Gasteiger partial charge in [0.1, 0.15) is 0 Å². The molecule has 0 radical (unpaired) electrons. The molecule has 5 heteroatoms. The number of nitrogens with one attached hydrogen (secondary N) is 1. The zero-order valence-electron chi connectivity index (χ0n) is 8.61. The second kappa shape index (κ2) is 4.54. The highest BCUT2D eigenvalue weighted by Gasteiger charge is 2.19. The first-order valence-corrected chi connectivity index (χ1v) is 4.74. The number of carbonyl (C=O) groups excluding carboxylic acids is 1. The molecule has 5 nitrogen and oxygen atoms in total. The molecule has 80 valence electrons. The molecule has 0 aliphatic carbocycles. The van der Waals surface area contributed by atoms with Gasteiger partial charge in [0.15, 0.2) is 0 Å². The van der Waals surface area contributed by atoms with Crippen LogP contribution in [0.3, 0.4) is 0 Å². The van der Waals surface area contributed by atoms with Gasteiger partial charge in [-0.3, -0.25) is 14.9 Å². The van der Waals surface area contributed by atoms with Gasteiger partial charge >= 0.3 is 0 Å². The predicted molar refractivity (Wildman–Crippen MR) is 56.8 cm³/mol. The second-order valence-electron chi connectivity index (χ2n) is 2.82. The number of hydrogen-bond donors (Lipinski definition) is 1. The number of nitrogens with zero attached hydrogens (tertiary/aromatic N) is 1. The van der Waals surface area contributed by atoms with E-state index in [1.165, 1.54) is 12.1 Å². The Morgan fingerprint density at radius 2 is 2.07 bits per heavy atom. The average molecular weight is 208 g/mol. The smallest absolute Gasteiger partial charge is 0.269 e. The van der Waals surface area contributed by atoms with Gasteiger partial charge in [-0.15, -0.1) is 0 Å². The Bertz CT molecular complexity index is 402. The summed E-state index contributed by atoms with van der Waals surface area (Å²) in [6.45, 7) is 4.00. The molecular weight excluding hydrogens is 196 g/mol. The van der Waals surface area contributed by atoms with Gasteiger partial charge in [-0.25, -0.2) is 0 Å². The molecule has 0 spiro atoms. The summed E-state index contributed by atoms with van der Waals surface area (Å²) in [4.78, 5) is 20.8. The second-order valence-corrected chi connectivity index (χ2v) is 2.82. The Morgan fingerprint density at radius 3 is 2.67 bits per heavy atom. The molecule has 1 N–H and O–H groups in total. The Kier molecular flexibility index (Phi) is 3.38. The van der Waals surface area contributed by atoms with Gasteiger partial charge in [0.05, 0.1) is 11.3 Å². The summed E-state index contributed by atoms with van der Waals surface area (Å²) in [6.07, 6.45) is 0.233. The summed E-state index contributed by atoms with van der Waals surface area (Å²) in [6, 6.07) is 4.36. The number of rotatable bonds is 1. The van der Waals surface area contributed by atoms with Gasteiger partial charge in [0, 0.05) is 17.8 Å². The van der Waals surface area contributed by atoms with E-state index in [-0.39, 0.29) is 18.0 Å². The quantitative estimate of drug-likeness (QED) is 0.567. The zero-order chi connectivity index (χ0) is 11.4. The molecule has 1 amide bonds. The zero-order valence-corrected chi connectivity index (χ0v) is 8.61. The van der Waals surface area contributed by atoms with Crippen molar-refractivity contribution in [1.29, 1.82) is 0 Å². The number of fused-ring (bicyclic) bond motifs is 1. The lowest BCUT2D eigenvalue weighted by atomic mass is 10.1. The Morgan fingerprint density at radius 1 is 1.40 bits per heavy atom. The molecule has 0 aromatic heterocycles. The number of non-ortho nitro benzene ring substituents is 1. The third-order valence-electron chi connectivity index (χ3n) is 1.92.